The highest BCUT2D eigenvalue weighted by molar-refractivity contribution is 5.94. The molecular weight excluding hydrogens is 328 g/mol. The largest absolute Gasteiger partial charge is 0.491 e. The van der Waals surface area contributed by atoms with Crippen LogP contribution in [0, 0.1) is 0 Å². The van der Waals surface area contributed by atoms with E-state index in [1.165, 1.54) is 0 Å². The molecule has 5 nitrogen and oxygen atoms in total. The van der Waals surface area contributed by atoms with Crippen LogP contribution in [-0.4, -0.2) is 56.3 Å². The van der Waals surface area contributed by atoms with E-state index < -0.39 is 0 Å². The lowest BCUT2D eigenvalue weighted by atomic mass is 10.0. The Labute approximate surface area is 150 Å². The van der Waals surface area contributed by atoms with Gasteiger partial charge in [0.1, 0.15) is 12.4 Å². The van der Waals surface area contributed by atoms with E-state index in [-0.39, 0.29) is 24.4 Å². The number of hydrogen-bond acceptors (Lipinski definition) is 4. The average molecular weight is 355 g/mol. The van der Waals surface area contributed by atoms with Crippen LogP contribution in [0.5, 0.6) is 5.75 Å². The summed E-state index contributed by atoms with van der Waals surface area (Å²) in [5, 5.41) is 3.33. The molecule has 2 saturated heterocycles. The Bertz CT molecular complexity index is 512. The molecule has 1 N–H and O–H groups in total. The molecule has 2 aliphatic heterocycles. The molecule has 134 valence electrons. The molecule has 6 heteroatoms. The fraction of sp³-hybridized carbons (Fsp3) is 0.611. The number of hydrogen-bond donors (Lipinski definition) is 1. The molecule has 0 aliphatic carbocycles. The summed E-state index contributed by atoms with van der Waals surface area (Å²) >= 11 is 0. The summed E-state index contributed by atoms with van der Waals surface area (Å²) in [5.74, 6) is 0.879. The summed E-state index contributed by atoms with van der Waals surface area (Å²) in [7, 11) is 1.90. The first-order chi connectivity index (χ1) is 11.2. The van der Waals surface area contributed by atoms with Gasteiger partial charge in [0.25, 0.3) is 5.91 Å². The molecule has 0 aromatic heterocycles. The van der Waals surface area contributed by atoms with Crippen molar-refractivity contribution in [2.45, 2.75) is 37.8 Å². The van der Waals surface area contributed by atoms with Crippen molar-refractivity contribution in [2.24, 2.45) is 0 Å². The monoisotopic (exact) mass is 354 g/mol. The standard InChI is InChI=1S/C18H26N2O3.ClH/c1-20(15-8-10-19-11-9-15)18(21)14-4-6-16(7-5-14)23-13-17-3-2-12-22-17;/h4-7,15,17,19H,2-3,8-13H2,1H3;1H. The number of amides is 1. The number of carbonyl (C=O) groups is 1. The molecule has 0 spiro atoms. The fourth-order valence-electron chi connectivity index (χ4n) is 3.22. The Kier molecular flexibility index (Phi) is 7.34. The molecular formula is C18H27ClN2O3. The van der Waals surface area contributed by atoms with Gasteiger partial charge in [0.15, 0.2) is 0 Å². The minimum atomic E-state index is 0. The lowest BCUT2D eigenvalue weighted by molar-refractivity contribution is 0.0676. The van der Waals surface area contributed by atoms with Crippen LogP contribution in [0.2, 0.25) is 0 Å². The summed E-state index contributed by atoms with van der Waals surface area (Å²) in [4.78, 5) is 14.4. The molecule has 1 amide bonds. The Morgan fingerprint density at radius 2 is 1.96 bits per heavy atom. The molecule has 0 radical (unpaired) electrons. The first kappa shape index (κ1) is 19.0. The smallest absolute Gasteiger partial charge is 0.253 e. The summed E-state index contributed by atoms with van der Waals surface area (Å²) in [6.45, 7) is 3.39. The average Bonchev–Trinajstić information content (AvgIpc) is 3.13. The van der Waals surface area contributed by atoms with Crippen LogP contribution >= 0.6 is 12.4 Å². The first-order valence-electron chi connectivity index (χ1n) is 8.56. The number of ether oxygens (including phenoxy) is 2. The molecule has 2 aliphatic rings. The van der Waals surface area contributed by atoms with E-state index in [1.807, 2.05) is 36.2 Å². The van der Waals surface area contributed by atoms with E-state index in [9.17, 15) is 4.79 Å². The second-order valence-electron chi connectivity index (χ2n) is 6.37. The number of nitrogens with one attached hydrogen (secondary N) is 1. The molecule has 1 aromatic rings. The van der Waals surface area contributed by atoms with Gasteiger partial charge in [-0.3, -0.25) is 4.79 Å². The van der Waals surface area contributed by atoms with Crippen LogP contribution in [0.3, 0.4) is 0 Å². The highest BCUT2D eigenvalue weighted by atomic mass is 35.5. The molecule has 0 saturated carbocycles. The number of rotatable bonds is 5. The van der Waals surface area contributed by atoms with E-state index in [0.29, 0.717) is 12.6 Å². The third-order valence-electron chi connectivity index (χ3n) is 4.74. The van der Waals surface area contributed by atoms with Gasteiger partial charge in [-0.1, -0.05) is 0 Å². The Morgan fingerprint density at radius 1 is 1.25 bits per heavy atom. The normalized spacial score (nSPS) is 21.1. The zero-order chi connectivity index (χ0) is 16.1. The van der Waals surface area contributed by atoms with E-state index >= 15 is 0 Å². The quantitative estimate of drug-likeness (QED) is 0.882. The number of piperidine rings is 1. The highest BCUT2D eigenvalue weighted by Gasteiger charge is 2.23. The summed E-state index contributed by atoms with van der Waals surface area (Å²) in [6, 6.07) is 7.78. The maximum atomic E-state index is 12.6. The van der Waals surface area contributed by atoms with E-state index in [2.05, 4.69) is 5.32 Å². The van der Waals surface area contributed by atoms with Crippen LogP contribution in [0.1, 0.15) is 36.0 Å². The molecule has 1 atom stereocenters. The fourth-order valence-corrected chi connectivity index (χ4v) is 3.22. The molecule has 2 heterocycles. The predicted octanol–water partition coefficient (Wildman–Crippen LogP) is 2.49. The van der Waals surface area contributed by atoms with Gasteiger partial charge < -0.3 is 19.7 Å². The number of nitrogens with zero attached hydrogens (tertiary/aromatic N) is 1. The van der Waals surface area contributed by atoms with Crippen LogP contribution in [0.4, 0.5) is 0 Å². The summed E-state index contributed by atoms with van der Waals surface area (Å²) < 4.78 is 11.3. The number of carbonyl (C=O) groups excluding carboxylic acids is 1. The van der Waals surface area contributed by atoms with Crippen LogP contribution in [0.15, 0.2) is 24.3 Å². The van der Waals surface area contributed by atoms with Crippen LogP contribution in [-0.2, 0) is 4.74 Å². The second kappa shape index (κ2) is 9.25. The van der Waals surface area contributed by atoms with Crippen LogP contribution < -0.4 is 10.1 Å². The third kappa shape index (κ3) is 4.85. The zero-order valence-electron chi connectivity index (χ0n) is 14.2. The van der Waals surface area contributed by atoms with E-state index in [1.54, 1.807) is 0 Å². The van der Waals surface area contributed by atoms with Crippen molar-refractivity contribution in [3.63, 3.8) is 0 Å². The van der Waals surface area contributed by atoms with Crippen molar-refractivity contribution in [1.82, 2.24) is 10.2 Å². The Morgan fingerprint density at radius 3 is 2.58 bits per heavy atom. The van der Waals surface area contributed by atoms with E-state index in [0.717, 1.165) is 56.7 Å². The summed E-state index contributed by atoms with van der Waals surface area (Å²) in [6.07, 6.45) is 4.43. The van der Waals surface area contributed by atoms with Gasteiger partial charge in [0.2, 0.25) is 0 Å². The highest BCUT2D eigenvalue weighted by Crippen LogP contribution is 2.19. The Hall–Kier alpha value is -1.30. The summed E-state index contributed by atoms with van der Waals surface area (Å²) in [5.41, 5.74) is 0.718. The van der Waals surface area contributed by atoms with Crippen molar-refractivity contribution in [1.29, 1.82) is 0 Å². The lowest BCUT2D eigenvalue weighted by Crippen LogP contribution is -2.43. The van der Waals surface area contributed by atoms with Gasteiger partial charge in [-0.15, -0.1) is 12.4 Å². The second-order valence-corrected chi connectivity index (χ2v) is 6.37. The molecule has 1 aromatic carbocycles. The molecule has 3 rings (SSSR count). The number of benzene rings is 1. The van der Waals surface area contributed by atoms with Crippen molar-refractivity contribution in [3.8, 4) is 5.75 Å². The lowest BCUT2D eigenvalue weighted by Gasteiger charge is -2.31. The number of halogens is 1. The molecule has 0 bridgehead atoms. The van der Waals surface area contributed by atoms with Gasteiger partial charge in [0, 0.05) is 25.3 Å². The first-order valence-corrected chi connectivity index (χ1v) is 8.56. The van der Waals surface area contributed by atoms with Crippen LogP contribution in [0.25, 0.3) is 0 Å². The maximum absolute atomic E-state index is 12.6. The zero-order valence-corrected chi connectivity index (χ0v) is 15.0. The van der Waals surface area contributed by atoms with Gasteiger partial charge >= 0.3 is 0 Å². The van der Waals surface area contributed by atoms with E-state index in [4.69, 9.17) is 9.47 Å². The van der Waals surface area contributed by atoms with Crippen molar-refractivity contribution in [2.75, 3.05) is 33.4 Å². The minimum Gasteiger partial charge on any atom is -0.491 e. The minimum absolute atomic E-state index is 0. The molecule has 1 unspecified atom stereocenters. The topological polar surface area (TPSA) is 50.8 Å². The van der Waals surface area contributed by atoms with Crippen molar-refractivity contribution >= 4 is 18.3 Å². The third-order valence-corrected chi connectivity index (χ3v) is 4.74. The maximum Gasteiger partial charge on any atom is 0.253 e. The van der Waals surface area contributed by atoms with Gasteiger partial charge in [-0.2, -0.15) is 0 Å². The SMILES string of the molecule is CN(C(=O)c1ccc(OCC2CCCO2)cc1)C1CCNCC1.Cl. The predicted molar refractivity (Wildman–Crippen MR) is 96.1 cm³/mol. The van der Waals surface area contributed by atoms with Gasteiger partial charge in [0.05, 0.1) is 6.10 Å². The van der Waals surface area contributed by atoms with Gasteiger partial charge in [-0.25, -0.2) is 0 Å². The molecule has 2 fully saturated rings. The van der Waals surface area contributed by atoms with Crippen molar-refractivity contribution in [3.05, 3.63) is 29.8 Å². The van der Waals surface area contributed by atoms with Crippen molar-refractivity contribution < 1.29 is 14.3 Å². The van der Waals surface area contributed by atoms with Gasteiger partial charge in [-0.05, 0) is 63.0 Å². The molecule has 24 heavy (non-hydrogen) atoms. The Balaban J connectivity index is 0.00000208.